The van der Waals surface area contributed by atoms with Gasteiger partial charge in [0, 0.05) is 35.5 Å². The lowest BCUT2D eigenvalue weighted by atomic mass is 10.2. The molecule has 156 valence electrons. The van der Waals surface area contributed by atoms with Crippen molar-refractivity contribution >= 4 is 27.5 Å². The molecule has 1 saturated heterocycles. The van der Waals surface area contributed by atoms with Crippen molar-refractivity contribution in [1.82, 2.24) is 19.9 Å². The third kappa shape index (κ3) is 3.54. The van der Waals surface area contributed by atoms with E-state index in [1.807, 2.05) is 17.0 Å². The fourth-order valence-electron chi connectivity index (χ4n) is 3.71. The molecule has 0 bridgehead atoms. The third-order valence-corrected chi connectivity index (χ3v) is 6.56. The monoisotopic (exact) mass is 426 g/mol. The van der Waals surface area contributed by atoms with Crippen molar-refractivity contribution in [3.05, 3.63) is 24.7 Å². The first kappa shape index (κ1) is 19.0. The number of methoxy groups -OCH3 is 2. The fraction of sp³-hybridized carbons (Fsp3) is 0.429. The zero-order valence-electron chi connectivity index (χ0n) is 16.8. The van der Waals surface area contributed by atoms with Crippen LogP contribution >= 0.6 is 11.3 Å². The maximum absolute atomic E-state index is 12.3. The average Bonchev–Trinajstić information content (AvgIpc) is 3.36. The first-order valence-corrected chi connectivity index (χ1v) is 10.8. The van der Waals surface area contributed by atoms with E-state index >= 15 is 0 Å². The maximum atomic E-state index is 12.3. The molecule has 5 rings (SSSR count). The molecule has 1 atom stereocenters. The normalized spacial score (nSPS) is 18.6. The van der Waals surface area contributed by atoms with E-state index in [1.54, 1.807) is 31.8 Å². The molecule has 0 unspecified atom stereocenters. The van der Waals surface area contributed by atoms with Crippen LogP contribution < -0.4 is 14.2 Å². The van der Waals surface area contributed by atoms with Crippen molar-refractivity contribution in [1.29, 1.82) is 0 Å². The smallest absolute Gasteiger partial charge is 0.256 e. The van der Waals surface area contributed by atoms with Crippen LogP contribution in [0.5, 0.6) is 17.5 Å². The van der Waals surface area contributed by atoms with Crippen molar-refractivity contribution in [3.8, 4) is 28.0 Å². The van der Waals surface area contributed by atoms with Crippen LogP contribution in [0.1, 0.15) is 19.3 Å². The van der Waals surface area contributed by atoms with Crippen molar-refractivity contribution < 1.29 is 19.0 Å². The summed E-state index contributed by atoms with van der Waals surface area (Å²) in [4.78, 5) is 29.1. The number of carbonyl (C=O) groups excluding carboxylic acids is 1. The molecule has 4 heterocycles. The molecule has 2 fully saturated rings. The number of amides is 1. The lowest BCUT2D eigenvalue weighted by Gasteiger charge is -2.16. The summed E-state index contributed by atoms with van der Waals surface area (Å²) in [5.41, 5.74) is 0.906. The maximum Gasteiger partial charge on any atom is 0.256 e. The Morgan fingerprint density at radius 3 is 2.73 bits per heavy atom. The van der Waals surface area contributed by atoms with Gasteiger partial charge in [0.1, 0.15) is 17.3 Å². The molecule has 0 N–H and O–H groups in total. The summed E-state index contributed by atoms with van der Waals surface area (Å²) < 4.78 is 16.8. The summed E-state index contributed by atoms with van der Waals surface area (Å²) >= 11 is 1.54. The van der Waals surface area contributed by atoms with Crippen molar-refractivity contribution in [2.75, 3.05) is 27.3 Å². The number of pyridine rings is 1. The second-order valence-electron chi connectivity index (χ2n) is 7.53. The van der Waals surface area contributed by atoms with Gasteiger partial charge in [-0.1, -0.05) is 0 Å². The van der Waals surface area contributed by atoms with Crippen LogP contribution in [0.4, 0.5) is 0 Å². The van der Waals surface area contributed by atoms with Gasteiger partial charge in [0.25, 0.3) is 5.88 Å². The van der Waals surface area contributed by atoms with Gasteiger partial charge < -0.3 is 19.1 Å². The molecule has 1 amide bonds. The molecule has 8 nitrogen and oxygen atoms in total. The Kier molecular flexibility index (Phi) is 4.90. The lowest BCUT2D eigenvalue weighted by molar-refractivity contribution is -0.131. The Morgan fingerprint density at radius 1 is 1.10 bits per heavy atom. The molecule has 3 aromatic heterocycles. The number of rotatable bonds is 6. The van der Waals surface area contributed by atoms with E-state index in [0.29, 0.717) is 24.1 Å². The van der Waals surface area contributed by atoms with Crippen molar-refractivity contribution in [2.45, 2.75) is 25.4 Å². The highest BCUT2D eigenvalue weighted by Crippen LogP contribution is 2.39. The number of nitrogens with zero attached hydrogens (tertiary/aromatic N) is 4. The van der Waals surface area contributed by atoms with Crippen LogP contribution in [-0.2, 0) is 4.79 Å². The van der Waals surface area contributed by atoms with Crippen LogP contribution in [0, 0.1) is 5.92 Å². The van der Waals surface area contributed by atoms with E-state index in [1.165, 1.54) is 6.33 Å². The zero-order valence-corrected chi connectivity index (χ0v) is 17.6. The molecule has 1 aliphatic heterocycles. The Balaban J connectivity index is 1.38. The van der Waals surface area contributed by atoms with Crippen LogP contribution in [0.25, 0.3) is 20.7 Å². The van der Waals surface area contributed by atoms with E-state index in [2.05, 4.69) is 15.0 Å². The van der Waals surface area contributed by atoms with Gasteiger partial charge in [0.05, 0.1) is 26.2 Å². The molecule has 1 aliphatic carbocycles. The third-order valence-electron chi connectivity index (χ3n) is 5.47. The summed E-state index contributed by atoms with van der Waals surface area (Å²) in [7, 11) is 3.15. The number of thiophene rings is 1. The van der Waals surface area contributed by atoms with Crippen LogP contribution in [-0.4, -0.2) is 59.2 Å². The second kappa shape index (κ2) is 7.71. The van der Waals surface area contributed by atoms with Gasteiger partial charge in [-0.05, 0) is 25.0 Å². The minimum atomic E-state index is -0.0445. The second-order valence-corrected chi connectivity index (χ2v) is 8.56. The molecule has 30 heavy (non-hydrogen) atoms. The standard InChI is InChI=1S/C21H22N4O4S/c1-27-16-7-13(9-22-19(16)28-2)17-8-15-18(23-11-24-20(15)30-17)29-14-5-6-25(10-14)21(26)12-3-4-12/h7-9,11-12,14H,3-6,10H2,1-2H3/t14-/m0/s1. The first-order valence-electron chi connectivity index (χ1n) is 9.94. The van der Waals surface area contributed by atoms with Crippen molar-refractivity contribution in [3.63, 3.8) is 0 Å². The van der Waals surface area contributed by atoms with Gasteiger partial charge in [-0.25, -0.2) is 15.0 Å². The molecule has 9 heteroatoms. The quantitative estimate of drug-likeness (QED) is 0.598. The number of likely N-dealkylation sites (tertiary alicyclic amines) is 1. The highest BCUT2D eigenvalue weighted by atomic mass is 32.1. The predicted octanol–water partition coefficient (Wildman–Crippen LogP) is 3.16. The zero-order chi connectivity index (χ0) is 20.7. The Hall–Kier alpha value is -2.94. The van der Waals surface area contributed by atoms with Gasteiger partial charge in [-0.15, -0.1) is 11.3 Å². The highest BCUT2D eigenvalue weighted by molar-refractivity contribution is 7.21. The number of fused-ring (bicyclic) bond motifs is 1. The van der Waals surface area contributed by atoms with E-state index in [-0.39, 0.29) is 17.9 Å². The number of carbonyl (C=O) groups is 1. The van der Waals surface area contributed by atoms with Crippen LogP contribution in [0.3, 0.4) is 0 Å². The Labute approximate surface area is 177 Å². The minimum Gasteiger partial charge on any atom is -0.491 e. The Bertz CT molecular complexity index is 1100. The van der Waals surface area contributed by atoms with Gasteiger partial charge >= 0.3 is 0 Å². The fourth-order valence-corrected chi connectivity index (χ4v) is 4.68. The minimum absolute atomic E-state index is 0.0445. The topological polar surface area (TPSA) is 86.7 Å². The van der Waals surface area contributed by atoms with Crippen LogP contribution in [0.15, 0.2) is 24.7 Å². The molecular formula is C21H22N4O4S. The SMILES string of the molecule is COc1cc(-c2cc3c(O[C@H]4CCN(C(=O)C5CC5)C4)ncnc3s2)cnc1OC. The number of aromatic nitrogens is 3. The predicted molar refractivity (Wildman–Crippen MR) is 112 cm³/mol. The summed E-state index contributed by atoms with van der Waals surface area (Å²) in [5.74, 6) is 2.08. The first-order chi connectivity index (χ1) is 14.7. The number of hydrogen-bond donors (Lipinski definition) is 0. The lowest BCUT2D eigenvalue weighted by Crippen LogP contribution is -2.32. The van der Waals surface area contributed by atoms with Gasteiger partial charge in [0.2, 0.25) is 11.8 Å². The largest absolute Gasteiger partial charge is 0.491 e. The molecule has 2 aliphatic rings. The molecule has 0 aromatic carbocycles. The number of ether oxygens (including phenoxy) is 3. The molecule has 0 radical (unpaired) electrons. The van der Waals surface area contributed by atoms with Crippen molar-refractivity contribution in [2.24, 2.45) is 5.92 Å². The summed E-state index contributed by atoms with van der Waals surface area (Å²) in [5, 5.41) is 0.860. The van der Waals surface area contributed by atoms with E-state index in [9.17, 15) is 4.79 Å². The molecular weight excluding hydrogens is 404 g/mol. The number of hydrogen-bond acceptors (Lipinski definition) is 8. The molecule has 0 spiro atoms. The van der Waals surface area contributed by atoms with E-state index in [0.717, 1.165) is 46.5 Å². The molecule has 1 saturated carbocycles. The Morgan fingerprint density at radius 2 is 1.97 bits per heavy atom. The van der Waals surface area contributed by atoms with Gasteiger partial charge in [-0.3, -0.25) is 4.79 Å². The highest BCUT2D eigenvalue weighted by Gasteiger charge is 2.37. The van der Waals surface area contributed by atoms with E-state index < -0.39 is 0 Å². The van der Waals surface area contributed by atoms with Crippen LogP contribution in [0.2, 0.25) is 0 Å². The van der Waals surface area contributed by atoms with Gasteiger partial charge in [-0.2, -0.15) is 0 Å². The van der Waals surface area contributed by atoms with Gasteiger partial charge in [0.15, 0.2) is 5.75 Å². The average molecular weight is 426 g/mol. The summed E-state index contributed by atoms with van der Waals surface area (Å²) in [6, 6.07) is 3.91. The van der Waals surface area contributed by atoms with E-state index in [4.69, 9.17) is 14.2 Å². The summed E-state index contributed by atoms with van der Waals surface area (Å²) in [6.45, 7) is 1.37. The summed E-state index contributed by atoms with van der Waals surface area (Å²) in [6.07, 6.45) is 6.09. The molecule has 3 aromatic rings.